The first-order valence-corrected chi connectivity index (χ1v) is 32.1. The van der Waals surface area contributed by atoms with Crippen molar-refractivity contribution in [1.29, 1.82) is 0 Å². The van der Waals surface area contributed by atoms with Crippen molar-refractivity contribution in [2.24, 2.45) is 0 Å². The van der Waals surface area contributed by atoms with Gasteiger partial charge >= 0.3 is 5.97 Å². The fourth-order valence-corrected chi connectivity index (χ4v) is 10.0. The number of amides is 1. The van der Waals surface area contributed by atoms with Crippen LogP contribution >= 0.6 is 0 Å². The van der Waals surface area contributed by atoms with Gasteiger partial charge in [0.1, 0.15) is 0 Å². The average molecular weight is 1000 g/mol. The number of aliphatic hydroxyl groups is 2. The van der Waals surface area contributed by atoms with Crippen LogP contribution in [0.3, 0.4) is 0 Å². The van der Waals surface area contributed by atoms with E-state index in [0.29, 0.717) is 19.4 Å². The van der Waals surface area contributed by atoms with Gasteiger partial charge in [0.15, 0.2) is 0 Å². The minimum Gasteiger partial charge on any atom is -0.466 e. The lowest BCUT2D eigenvalue weighted by atomic mass is 10.0. The SMILES string of the molecule is CCCCCCC/C=C\CCCCCCCC(=O)OCCCCCCCCCCCCCCCCCCCCCCCCCCCCC(=O)NC(CO)C(O)/C=C/CCCCCCCCCCCCCC. The monoisotopic (exact) mass is 1000 g/mol. The molecule has 0 aromatic rings. The molecule has 0 bridgehead atoms. The van der Waals surface area contributed by atoms with E-state index in [2.05, 4.69) is 31.3 Å². The van der Waals surface area contributed by atoms with Gasteiger partial charge in [0.25, 0.3) is 0 Å². The molecule has 0 aromatic carbocycles. The fraction of sp³-hybridized carbons (Fsp3) is 0.908. The third-order valence-electron chi connectivity index (χ3n) is 15.0. The highest BCUT2D eigenvalue weighted by atomic mass is 16.5. The molecule has 0 saturated carbocycles. The largest absolute Gasteiger partial charge is 0.466 e. The summed E-state index contributed by atoms with van der Waals surface area (Å²) < 4.78 is 5.48. The number of carbonyl (C=O) groups is 2. The number of aliphatic hydroxyl groups excluding tert-OH is 2. The fourth-order valence-electron chi connectivity index (χ4n) is 10.0. The van der Waals surface area contributed by atoms with Gasteiger partial charge < -0.3 is 20.3 Å². The summed E-state index contributed by atoms with van der Waals surface area (Å²) in [7, 11) is 0. The summed E-state index contributed by atoms with van der Waals surface area (Å²) in [6.07, 6.45) is 75.2. The van der Waals surface area contributed by atoms with Crippen LogP contribution in [-0.2, 0) is 14.3 Å². The topological polar surface area (TPSA) is 95.9 Å². The van der Waals surface area contributed by atoms with Gasteiger partial charge in [0.05, 0.1) is 25.4 Å². The minimum absolute atomic E-state index is 0.00860. The second kappa shape index (κ2) is 60.9. The number of unbranched alkanes of at least 4 members (excludes halogenated alkanes) is 47. The van der Waals surface area contributed by atoms with Crippen LogP contribution in [0.2, 0.25) is 0 Å². The van der Waals surface area contributed by atoms with E-state index in [0.717, 1.165) is 44.9 Å². The summed E-state index contributed by atoms with van der Waals surface area (Å²) in [6, 6.07) is -0.625. The molecular formula is C65H125NO5. The zero-order valence-electron chi connectivity index (χ0n) is 48.0. The van der Waals surface area contributed by atoms with Crippen LogP contribution in [0.25, 0.3) is 0 Å². The summed E-state index contributed by atoms with van der Waals surface area (Å²) >= 11 is 0. The van der Waals surface area contributed by atoms with Crippen LogP contribution in [0.5, 0.6) is 0 Å². The van der Waals surface area contributed by atoms with Crippen molar-refractivity contribution in [2.45, 2.75) is 366 Å². The number of allylic oxidation sites excluding steroid dienone is 3. The summed E-state index contributed by atoms with van der Waals surface area (Å²) in [6.45, 7) is 4.91. The number of nitrogens with one attached hydrogen (secondary N) is 1. The van der Waals surface area contributed by atoms with Crippen molar-refractivity contribution >= 4 is 11.9 Å². The Balaban J connectivity index is 3.36. The van der Waals surface area contributed by atoms with E-state index in [4.69, 9.17) is 4.74 Å². The lowest BCUT2D eigenvalue weighted by molar-refractivity contribution is -0.143. The van der Waals surface area contributed by atoms with Gasteiger partial charge in [-0.3, -0.25) is 9.59 Å². The first-order valence-electron chi connectivity index (χ1n) is 32.1. The molecule has 0 radical (unpaired) electrons. The van der Waals surface area contributed by atoms with Crippen molar-refractivity contribution in [3.05, 3.63) is 24.3 Å². The predicted octanol–water partition coefficient (Wildman–Crippen LogP) is 20.2. The van der Waals surface area contributed by atoms with Crippen molar-refractivity contribution < 1.29 is 24.5 Å². The van der Waals surface area contributed by atoms with E-state index < -0.39 is 12.1 Å². The Morgan fingerprint density at radius 3 is 1.00 bits per heavy atom. The quantitative estimate of drug-likeness (QED) is 0.0320. The molecule has 0 aromatic heterocycles. The van der Waals surface area contributed by atoms with E-state index in [1.54, 1.807) is 6.08 Å². The average Bonchev–Trinajstić information content (AvgIpc) is 3.37. The van der Waals surface area contributed by atoms with Gasteiger partial charge in [0.2, 0.25) is 5.91 Å². The van der Waals surface area contributed by atoms with Gasteiger partial charge in [-0.15, -0.1) is 0 Å². The second-order valence-corrected chi connectivity index (χ2v) is 22.1. The number of hydrogen-bond donors (Lipinski definition) is 3. The molecule has 6 nitrogen and oxygen atoms in total. The van der Waals surface area contributed by atoms with Crippen molar-refractivity contribution in [1.82, 2.24) is 5.32 Å². The zero-order valence-corrected chi connectivity index (χ0v) is 48.0. The first kappa shape index (κ1) is 69.3. The Morgan fingerprint density at radius 1 is 0.380 bits per heavy atom. The van der Waals surface area contributed by atoms with Gasteiger partial charge in [0, 0.05) is 12.8 Å². The highest BCUT2D eigenvalue weighted by Crippen LogP contribution is 2.18. The molecule has 3 N–H and O–H groups in total. The van der Waals surface area contributed by atoms with Crippen LogP contribution in [0.1, 0.15) is 354 Å². The van der Waals surface area contributed by atoms with Crippen LogP contribution < -0.4 is 5.32 Å². The summed E-state index contributed by atoms with van der Waals surface area (Å²) in [5.74, 6) is -0.0556. The molecule has 2 unspecified atom stereocenters. The molecular weight excluding hydrogens is 875 g/mol. The summed E-state index contributed by atoms with van der Waals surface area (Å²) in [4.78, 5) is 24.5. The summed E-state index contributed by atoms with van der Waals surface area (Å²) in [5, 5.41) is 23.1. The van der Waals surface area contributed by atoms with Gasteiger partial charge in [-0.1, -0.05) is 308 Å². The van der Waals surface area contributed by atoms with E-state index in [1.165, 1.54) is 283 Å². The van der Waals surface area contributed by atoms with E-state index >= 15 is 0 Å². The molecule has 0 fully saturated rings. The number of rotatable bonds is 60. The molecule has 0 aliphatic carbocycles. The third-order valence-corrected chi connectivity index (χ3v) is 15.0. The lowest BCUT2D eigenvalue weighted by Crippen LogP contribution is -2.45. The molecule has 2 atom stereocenters. The predicted molar refractivity (Wildman–Crippen MR) is 310 cm³/mol. The third kappa shape index (κ3) is 57.5. The highest BCUT2D eigenvalue weighted by molar-refractivity contribution is 5.76. The molecule has 6 heteroatoms. The standard InChI is InChI=1S/C65H125NO5/c1-3-5-7-9-11-13-15-17-33-37-41-45-49-53-57-63(68)62(61-67)66-64(69)58-54-50-46-42-38-34-31-29-27-25-23-21-19-20-22-24-26-28-30-32-36-40-44-48-52-56-60-71-65(70)59-55-51-47-43-39-35-18-16-14-12-10-8-6-4-2/h16,18,53,57,62-63,67-68H,3-15,17,19-52,54-56,58-61H2,1-2H3,(H,66,69)/b18-16-,57-53+. The van der Waals surface area contributed by atoms with Crippen molar-refractivity contribution in [3.63, 3.8) is 0 Å². The van der Waals surface area contributed by atoms with Gasteiger partial charge in [-0.25, -0.2) is 0 Å². The van der Waals surface area contributed by atoms with Crippen LogP contribution in [0.15, 0.2) is 24.3 Å². The molecule has 420 valence electrons. The van der Waals surface area contributed by atoms with Crippen LogP contribution in [-0.4, -0.2) is 47.4 Å². The molecule has 0 heterocycles. The maximum Gasteiger partial charge on any atom is 0.305 e. The zero-order chi connectivity index (χ0) is 51.4. The number of esters is 1. The van der Waals surface area contributed by atoms with E-state index in [1.807, 2.05) is 6.08 Å². The Labute approximate surface area is 443 Å². The Hall–Kier alpha value is -1.66. The molecule has 0 rings (SSSR count). The molecule has 0 aliphatic heterocycles. The normalized spacial score (nSPS) is 12.7. The van der Waals surface area contributed by atoms with Crippen molar-refractivity contribution in [3.8, 4) is 0 Å². The lowest BCUT2D eigenvalue weighted by Gasteiger charge is -2.20. The van der Waals surface area contributed by atoms with Gasteiger partial charge in [-0.2, -0.15) is 0 Å². The Morgan fingerprint density at radius 2 is 0.662 bits per heavy atom. The molecule has 1 amide bonds. The van der Waals surface area contributed by atoms with E-state index in [-0.39, 0.29) is 18.5 Å². The second-order valence-electron chi connectivity index (χ2n) is 22.1. The Kier molecular flexibility index (Phi) is 59.5. The maximum absolute atomic E-state index is 12.5. The number of ether oxygens (including phenoxy) is 1. The highest BCUT2D eigenvalue weighted by Gasteiger charge is 2.18. The van der Waals surface area contributed by atoms with Crippen LogP contribution in [0, 0.1) is 0 Å². The first-order chi connectivity index (χ1) is 35.0. The van der Waals surface area contributed by atoms with Crippen LogP contribution in [0.4, 0.5) is 0 Å². The Bertz CT molecular complexity index is 1110. The molecule has 71 heavy (non-hydrogen) atoms. The van der Waals surface area contributed by atoms with E-state index in [9.17, 15) is 19.8 Å². The maximum atomic E-state index is 12.5. The van der Waals surface area contributed by atoms with Crippen molar-refractivity contribution in [2.75, 3.05) is 13.2 Å². The smallest absolute Gasteiger partial charge is 0.305 e. The molecule has 0 spiro atoms. The number of hydrogen-bond acceptors (Lipinski definition) is 5. The summed E-state index contributed by atoms with van der Waals surface area (Å²) in [5.41, 5.74) is 0. The number of carbonyl (C=O) groups excluding carboxylic acids is 2. The minimum atomic E-state index is -0.842. The van der Waals surface area contributed by atoms with Gasteiger partial charge in [-0.05, 0) is 57.8 Å². The molecule has 0 saturated heterocycles. The molecule has 0 aliphatic rings.